The predicted octanol–water partition coefficient (Wildman–Crippen LogP) is 2.08. The molecule has 0 aromatic heterocycles. The van der Waals surface area contributed by atoms with E-state index >= 15 is 0 Å². The van der Waals surface area contributed by atoms with E-state index in [0.29, 0.717) is 17.3 Å². The summed E-state index contributed by atoms with van der Waals surface area (Å²) in [5, 5.41) is 8.56. The molecule has 0 atom stereocenters. The van der Waals surface area contributed by atoms with Crippen molar-refractivity contribution in [3.63, 3.8) is 0 Å². The molecular formula is C10H9BrO4S. The van der Waals surface area contributed by atoms with Crippen molar-refractivity contribution in [1.29, 1.82) is 0 Å². The number of carbonyl (C=O) groups is 1. The lowest BCUT2D eigenvalue weighted by molar-refractivity contribution is 0.0695. The van der Waals surface area contributed by atoms with Crippen LogP contribution in [0.1, 0.15) is 23.2 Å². The van der Waals surface area contributed by atoms with E-state index in [4.69, 9.17) is 5.11 Å². The summed E-state index contributed by atoms with van der Waals surface area (Å²) in [6.07, 6.45) is 1.33. The van der Waals surface area contributed by atoms with Crippen LogP contribution in [0.25, 0.3) is 0 Å². The van der Waals surface area contributed by atoms with Gasteiger partial charge in [-0.25, -0.2) is 13.2 Å². The molecule has 0 amide bonds. The lowest BCUT2D eigenvalue weighted by atomic mass is 10.2. The molecule has 1 saturated carbocycles. The fraction of sp³-hybridized carbons (Fsp3) is 0.300. The Hall–Kier alpha value is -0.880. The van der Waals surface area contributed by atoms with Gasteiger partial charge in [-0.2, -0.15) is 0 Å². The fourth-order valence-corrected chi connectivity index (χ4v) is 3.51. The zero-order valence-corrected chi connectivity index (χ0v) is 10.6. The van der Waals surface area contributed by atoms with Gasteiger partial charge in [-0.05, 0) is 47.0 Å². The second-order valence-corrected chi connectivity index (χ2v) is 6.77. The molecule has 0 spiro atoms. The summed E-state index contributed by atoms with van der Waals surface area (Å²) in [6.45, 7) is 0. The van der Waals surface area contributed by atoms with Crippen molar-refractivity contribution in [2.45, 2.75) is 23.0 Å². The number of hydrogen-bond donors (Lipinski definition) is 1. The van der Waals surface area contributed by atoms with E-state index in [0.717, 1.165) is 0 Å². The first-order chi connectivity index (χ1) is 7.43. The van der Waals surface area contributed by atoms with E-state index in [-0.39, 0.29) is 15.7 Å². The monoisotopic (exact) mass is 304 g/mol. The van der Waals surface area contributed by atoms with Gasteiger partial charge in [0.25, 0.3) is 0 Å². The maximum absolute atomic E-state index is 11.9. The molecule has 4 nitrogen and oxygen atoms in total. The summed E-state index contributed by atoms with van der Waals surface area (Å²) in [5.41, 5.74) is -0.0262. The van der Waals surface area contributed by atoms with Gasteiger partial charge in [0.05, 0.1) is 15.7 Å². The van der Waals surface area contributed by atoms with Crippen LogP contribution in [0.2, 0.25) is 0 Å². The molecule has 1 aromatic rings. The molecule has 0 heterocycles. The normalized spacial score (nSPS) is 16.1. The first-order valence-electron chi connectivity index (χ1n) is 4.69. The number of benzene rings is 1. The molecule has 0 unspecified atom stereocenters. The summed E-state index contributed by atoms with van der Waals surface area (Å²) >= 11 is 3.07. The van der Waals surface area contributed by atoms with Gasteiger partial charge in [-0.3, -0.25) is 0 Å². The minimum atomic E-state index is -3.32. The highest BCUT2D eigenvalue weighted by Gasteiger charge is 2.37. The molecule has 1 aliphatic carbocycles. The van der Waals surface area contributed by atoms with Crippen molar-refractivity contribution < 1.29 is 18.3 Å². The highest BCUT2D eigenvalue weighted by Crippen LogP contribution is 2.34. The Morgan fingerprint density at radius 2 is 2.00 bits per heavy atom. The molecule has 1 fully saturated rings. The van der Waals surface area contributed by atoms with Crippen LogP contribution in [-0.2, 0) is 9.84 Å². The second kappa shape index (κ2) is 3.85. The summed E-state index contributed by atoms with van der Waals surface area (Å²) in [5.74, 6) is -1.14. The zero-order valence-electron chi connectivity index (χ0n) is 8.18. The zero-order chi connectivity index (χ0) is 11.9. The molecule has 86 valence electrons. The van der Waals surface area contributed by atoms with Crippen LogP contribution in [0.15, 0.2) is 27.6 Å². The number of halogens is 1. The number of rotatable bonds is 3. The maximum Gasteiger partial charge on any atom is 0.336 e. The average Bonchev–Trinajstić information content (AvgIpc) is 3.00. The van der Waals surface area contributed by atoms with Crippen molar-refractivity contribution >= 4 is 31.7 Å². The SMILES string of the molecule is O=C(O)c1cc(S(=O)(=O)C2CC2)ccc1Br. The Balaban J connectivity index is 2.51. The molecule has 0 aliphatic heterocycles. The van der Waals surface area contributed by atoms with Crippen molar-refractivity contribution in [2.24, 2.45) is 0 Å². The quantitative estimate of drug-likeness (QED) is 0.928. The first-order valence-corrected chi connectivity index (χ1v) is 7.03. The van der Waals surface area contributed by atoms with E-state index in [1.165, 1.54) is 18.2 Å². The third-order valence-electron chi connectivity index (χ3n) is 2.46. The number of carboxylic acid groups (broad SMARTS) is 1. The number of sulfone groups is 1. The van der Waals surface area contributed by atoms with Crippen LogP contribution in [0.4, 0.5) is 0 Å². The van der Waals surface area contributed by atoms with E-state index in [9.17, 15) is 13.2 Å². The first kappa shape index (κ1) is 11.6. The summed E-state index contributed by atoms with van der Waals surface area (Å²) in [6, 6.07) is 4.10. The minimum absolute atomic E-state index is 0.0262. The van der Waals surface area contributed by atoms with E-state index in [2.05, 4.69) is 15.9 Å². The van der Waals surface area contributed by atoms with Crippen molar-refractivity contribution in [3.8, 4) is 0 Å². The summed E-state index contributed by atoms with van der Waals surface area (Å²) in [4.78, 5) is 11.0. The van der Waals surface area contributed by atoms with Gasteiger partial charge in [0.15, 0.2) is 9.84 Å². The maximum atomic E-state index is 11.9. The fourth-order valence-electron chi connectivity index (χ4n) is 1.42. The lowest BCUT2D eigenvalue weighted by Crippen LogP contribution is -2.09. The average molecular weight is 305 g/mol. The Bertz CT molecular complexity index is 546. The molecule has 16 heavy (non-hydrogen) atoms. The van der Waals surface area contributed by atoms with Crippen LogP contribution >= 0.6 is 15.9 Å². The molecule has 1 aromatic carbocycles. The predicted molar refractivity (Wildman–Crippen MR) is 61.3 cm³/mol. The standard InChI is InChI=1S/C10H9BrO4S/c11-9-4-3-7(5-8(9)10(12)13)16(14,15)6-1-2-6/h3-6H,1-2H2,(H,12,13). The summed E-state index contributed by atoms with van der Waals surface area (Å²) < 4.78 is 24.1. The van der Waals surface area contributed by atoms with Crippen LogP contribution in [0, 0.1) is 0 Å². The number of carboxylic acids is 1. The Kier molecular flexibility index (Phi) is 2.79. The molecular weight excluding hydrogens is 296 g/mol. The van der Waals surface area contributed by atoms with Gasteiger partial charge in [0.1, 0.15) is 0 Å². The topological polar surface area (TPSA) is 71.4 Å². The van der Waals surface area contributed by atoms with Gasteiger partial charge in [0.2, 0.25) is 0 Å². The van der Waals surface area contributed by atoms with E-state index in [1.807, 2.05) is 0 Å². The van der Waals surface area contributed by atoms with Crippen LogP contribution in [0.5, 0.6) is 0 Å². The smallest absolute Gasteiger partial charge is 0.336 e. The second-order valence-electron chi connectivity index (χ2n) is 3.69. The summed E-state index contributed by atoms with van der Waals surface area (Å²) in [7, 11) is -3.32. The highest BCUT2D eigenvalue weighted by molar-refractivity contribution is 9.10. The van der Waals surface area contributed by atoms with Crippen LogP contribution in [0.3, 0.4) is 0 Å². The van der Waals surface area contributed by atoms with E-state index in [1.54, 1.807) is 0 Å². The largest absolute Gasteiger partial charge is 0.478 e. The van der Waals surface area contributed by atoms with Crippen molar-refractivity contribution in [3.05, 3.63) is 28.2 Å². The van der Waals surface area contributed by atoms with Crippen molar-refractivity contribution in [2.75, 3.05) is 0 Å². The third-order valence-corrected chi connectivity index (χ3v) is 5.41. The minimum Gasteiger partial charge on any atom is -0.478 e. The van der Waals surface area contributed by atoms with Gasteiger partial charge < -0.3 is 5.11 Å². The van der Waals surface area contributed by atoms with Gasteiger partial charge >= 0.3 is 5.97 Å². The molecule has 6 heteroatoms. The van der Waals surface area contributed by atoms with Gasteiger partial charge in [-0.1, -0.05) is 0 Å². The van der Waals surface area contributed by atoms with Crippen LogP contribution < -0.4 is 0 Å². The van der Waals surface area contributed by atoms with Gasteiger partial charge in [0, 0.05) is 4.47 Å². The molecule has 0 bridgehead atoms. The molecule has 0 saturated heterocycles. The van der Waals surface area contributed by atoms with E-state index < -0.39 is 15.8 Å². The molecule has 0 radical (unpaired) electrons. The molecule has 2 rings (SSSR count). The van der Waals surface area contributed by atoms with Crippen molar-refractivity contribution in [1.82, 2.24) is 0 Å². The van der Waals surface area contributed by atoms with Gasteiger partial charge in [-0.15, -0.1) is 0 Å². The lowest BCUT2D eigenvalue weighted by Gasteiger charge is -2.05. The molecule has 1 aliphatic rings. The Morgan fingerprint density at radius 1 is 1.38 bits per heavy atom. The highest BCUT2D eigenvalue weighted by atomic mass is 79.9. The van der Waals surface area contributed by atoms with Crippen LogP contribution in [-0.4, -0.2) is 24.7 Å². The molecule has 1 N–H and O–H groups in total. The Labute approximate surface area is 101 Å². The third kappa shape index (κ3) is 1.99. The number of aromatic carboxylic acids is 1. The number of hydrogen-bond acceptors (Lipinski definition) is 3. The Morgan fingerprint density at radius 3 is 2.50 bits per heavy atom.